The Kier molecular flexibility index (Phi) is 3.73. The van der Waals surface area contributed by atoms with E-state index in [4.69, 9.17) is 0 Å². The van der Waals surface area contributed by atoms with Gasteiger partial charge < -0.3 is 5.32 Å². The van der Waals surface area contributed by atoms with E-state index in [9.17, 15) is 0 Å². The average Bonchev–Trinajstić information content (AvgIpc) is 2.76. The van der Waals surface area contributed by atoms with Crippen LogP contribution in [0.2, 0.25) is 0 Å². The summed E-state index contributed by atoms with van der Waals surface area (Å²) in [5.74, 6) is 2.42. The highest BCUT2D eigenvalue weighted by atomic mass is 79.9. The number of anilines is 1. The number of aryl methyl sites for hydroxylation is 1. The lowest BCUT2D eigenvalue weighted by Gasteiger charge is -2.06. The maximum absolute atomic E-state index is 4.48. The first-order valence-electron chi connectivity index (χ1n) is 5.49. The van der Waals surface area contributed by atoms with Crippen molar-refractivity contribution in [3.63, 3.8) is 0 Å². The fourth-order valence-corrected chi connectivity index (χ4v) is 1.78. The number of hydrogen-bond acceptors (Lipinski definition) is 4. The van der Waals surface area contributed by atoms with Crippen LogP contribution in [0, 0.1) is 0 Å². The number of nitrogens with zero attached hydrogens (tertiary/aromatic N) is 4. The van der Waals surface area contributed by atoms with E-state index >= 15 is 0 Å². The molecule has 0 fully saturated rings. The molecule has 2 aromatic rings. The van der Waals surface area contributed by atoms with Gasteiger partial charge >= 0.3 is 0 Å². The highest BCUT2D eigenvalue weighted by Gasteiger charge is 2.06. The van der Waals surface area contributed by atoms with Crippen molar-refractivity contribution >= 4 is 21.7 Å². The molecule has 0 unspecified atom stereocenters. The molecular weight excluding hydrogens is 282 g/mol. The summed E-state index contributed by atoms with van der Waals surface area (Å²) in [6.45, 7) is 2.11. The van der Waals surface area contributed by atoms with E-state index in [2.05, 4.69) is 43.2 Å². The minimum absolute atomic E-state index is 0.776. The van der Waals surface area contributed by atoms with Crippen LogP contribution in [0.4, 0.5) is 5.82 Å². The molecule has 6 heteroatoms. The Labute approximate surface area is 108 Å². The van der Waals surface area contributed by atoms with E-state index in [1.807, 2.05) is 19.3 Å². The Morgan fingerprint density at radius 2 is 2.24 bits per heavy atom. The smallest absolute Gasteiger partial charge is 0.159 e. The number of halogens is 1. The minimum Gasteiger partial charge on any atom is -0.373 e. The SMILES string of the molecule is CCCc1nc(NC)cc(-n2cc(Br)cn2)n1. The Hall–Kier alpha value is -1.43. The van der Waals surface area contributed by atoms with Gasteiger partial charge in [0.25, 0.3) is 0 Å². The second kappa shape index (κ2) is 5.27. The molecule has 5 nitrogen and oxygen atoms in total. The molecule has 0 aliphatic carbocycles. The Balaban J connectivity index is 2.42. The first-order chi connectivity index (χ1) is 8.22. The summed E-state index contributed by atoms with van der Waals surface area (Å²) in [6, 6.07) is 1.87. The highest BCUT2D eigenvalue weighted by molar-refractivity contribution is 9.10. The van der Waals surface area contributed by atoms with E-state index in [1.54, 1.807) is 10.9 Å². The minimum atomic E-state index is 0.776. The van der Waals surface area contributed by atoms with Crippen LogP contribution in [0.5, 0.6) is 0 Å². The highest BCUT2D eigenvalue weighted by Crippen LogP contribution is 2.14. The third kappa shape index (κ3) is 2.82. The monoisotopic (exact) mass is 295 g/mol. The summed E-state index contributed by atoms with van der Waals surface area (Å²) in [7, 11) is 1.85. The summed E-state index contributed by atoms with van der Waals surface area (Å²) in [5, 5.41) is 7.25. The molecule has 2 rings (SSSR count). The van der Waals surface area contributed by atoms with Crippen LogP contribution in [0.3, 0.4) is 0 Å². The van der Waals surface area contributed by atoms with Crippen LogP contribution < -0.4 is 5.32 Å². The van der Waals surface area contributed by atoms with Gasteiger partial charge in [-0.2, -0.15) is 5.10 Å². The molecule has 0 amide bonds. The van der Waals surface area contributed by atoms with Crippen LogP contribution >= 0.6 is 15.9 Å². The van der Waals surface area contributed by atoms with Crippen LogP contribution in [0.15, 0.2) is 22.9 Å². The molecule has 90 valence electrons. The Morgan fingerprint density at radius 3 is 2.82 bits per heavy atom. The van der Waals surface area contributed by atoms with E-state index < -0.39 is 0 Å². The Morgan fingerprint density at radius 1 is 1.41 bits per heavy atom. The zero-order chi connectivity index (χ0) is 12.3. The number of hydrogen-bond donors (Lipinski definition) is 1. The van der Waals surface area contributed by atoms with Crippen molar-refractivity contribution in [3.05, 3.63) is 28.8 Å². The van der Waals surface area contributed by atoms with Gasteiger partial charge in [0.1, 0.15) is 11.6 Å². The summed E-state index contributed by atoms with van der Waals surface area (Å²) < 4.78 is 2.66. The van der Waals surface area contributed by atoms with Gasteiger partial charge in [-0.1, -0.05) is 6.92 Å². The molecule has 2 aromatic heterocycles. The molecule has 17 heavy (non-hydrogen) atoms. The lowest BCUT2D eigenvalue weighted by atomic mass is 10.3. The van der Waals surface area contributed by atoms with Crippen molar-refractivity contribution in [2.45, 2.75) is 19.8 Å². The molecule has 0 saturated carbocycles. The Bertz CT molecular complexity index is 508. The van der Waals surface area contributed by atoms with Crippen molar-refractivity contribution in [2.75, 3.05) is 12.4 Å². The van der Waals surface area contributed by atoms with Crippen LogP contribution in [0.1, 0.15) is 19.2 Å². The predicted molar refractivity (Wildman–Crippen MR) is 70.4 cm³/mol. The molecular formula is C11H14BrN5. The van der Waals surface area contributed by atoms with E-state index in [0.29, 0.717) is 0 Å². The molecule has 0 aromatic carbocycles. The quantitative estimate of drug-likeness (QED) is 0.941. The lowest BCUT2D eigenvalue weighted by Crippen LogP contribution is -2.06. The third-order valence-corrected chi connectivity index (χ3v) is 2.68. The second-order valence-corrected chi connectivity index (χ2v) is 4.55. The molecule has 0 aliphatic heterocycles. The molecule has 1 N–H and O–H groups in total. The van der Waals surface area contributed by atoms with Gasteiger partial charge in [0, 0.05) is 25.7 Å². The van der Waals surface area contributed by atoms with E-state index in [-0.39, 0.29) is 0 Å². The van der Waals surface area contributed by atoms with E-state index in [1.165, 1.54) is 0 Å². The maximum atomic E-state index is 4.48. The zero-order valence-electron chi connectivity index (χ0n) is 9.81. The van der Waals surface area contributed by atoms with Gasteiger partial charge in [0.05, 0.1) is 10.7 Å². The topological polar surface area (TPSA) is 55.6 Å². The molecule has 0 bridgehead atoms. The van der Waals surface area contributed by atoms with Gasteiger partial charge in [0.15, 0.2) is 5.82 Å². The van der Waals surface area contributed by atoms with Gasteiger partial charge in [-0.25, -0.2) is 14.6 Å². The van der Waals surface area contributed by atoms with Gasteiger partial charge in [-0.15, -0.1) is 0 Å². The van der Waals surface area contributed by atoms with Crippen molar-refractivity contribution in [1.82, 2.24) is 19.7 Å². The largest absolute Gasteiger partial charge is 0.373 e. The van der Waals surface area contributed by atoms with E-state index in [0.717, 1.165) is 34.8 Å². The summed E-state index contributed by atoms with van der Waals surface area (Å²) >= 11 is 3.37. The number of rotatable bonds is 4. The van der Waals surface area contributed by atoms with Gasteiger partial charge in [-0.05, 0) is 22.4 Å². The van der Waals surface area contributed by atoms with Crippen molar-refractivity contribution in [1.29, 1.82) is 0 Å². The molecule has 0 aliphatic rings. The van der Waals surface area contributed by atoms with Crippen molar-refractivity contribution < 1.29 is 0 Å². The molecule has 0 saturated heterocycles. The fraction of sp³-hybridized carbons (Fsp3) is 0.364. The van der Waals surface area contributed by atoms with Gasteiger partial charge in [0.2, 0.25) is 0 Å². The van der Waals surface area contributed by atoms with Crippen LogP contribution in [0.25, 0.3) is 5.82 Å². The molecule has 0 atom stereocenters. The first kappa shape index (κ1) is 12.0. The van der Waals surface area contributed by atoms with Crippen LogP contribution in [-0.2, 0) is 6.42 Å². The number of aromatic nitrogens is 4. The standard InChI is InChI=1S/C11H14BrN5/c1-3-4-9-15-10(13-2)5-11(16-9)17-7-8(12)6-14-17/h5-7H,3-4H2,1-2H3,(H,13,15,16). The number of nitrogens with one attached hydrogen (secondary N) is 1. The van der Waals surface area contributed by atoms with Gasteiger partial charge in [-0.3, -0.25) is 0 Å². The second-order valence-electron chi connectivity index (χ2n) is 3.63. The third-order valence-electron chi connectivity index (χ3n) is 2.27. The maximum Gasteiger partial charge on any atom is 0.159 e. The summed E-state index contributed by atoms with van der Waals surface area (Å²) in [4.78, 5) is 8.88. The fourth-order valence-electron chi connectivity index (χ4n) is 1.49. The zero-order valence-corrected chi connectivity index (χ0v) is 11.4. The lowest BCUT2D eigenvalue weighted by molar-refractivity contribution is 0.786. The summed E-state index contributed by atoms with van der Waals surface area (Å²) in [5.41, 5.74) is 0. The molecule has 0 radical (unpaired) electrons. The van der Waals surface area contributed by atoms with Crippen molar-refractivity contribution in [3.8, 4) is 5.82 Å². The predicted octanol–water partition coefficient (Wildman–Crippen LogP) is 2.42. The van der Waals surface area contributed by atoms with Crippen molar-refractivity contribution in [2.24, 2.45) is 0 Å². The molecule has 0 spiro atoms. The summed E-state index contributed by atoms with van der Waals surface area (Å²) in [6.07, 6.45) is 5.50. The normalized spacial score (nSPS) is 10.5. The molecule has 2 heterocycles. The average molecular weight is 296 g/mol. The van der Waals surface area contributed by atoms with Crippen LogP contribution in [-0.4, -0.2) is 26.8 Å². The first-order valence-corrected chi connectivity index (χ1v) is 6.28.